The summed E-state index contributed by atoms with van der Waals surface area (Å²) in [5.41, 5.74) is 0.410. The number of aryl methyl sites for hydroxylation is 1. The Kier molecular flexibility index (Phi) is 6.20. The van der Waals surface area contributed by atoms with E-state index in [9.17, 15) is 15.0 Å². The van der Waals surface area contributed by atoms with Crippen LogP contribution in [0.25, 0.3) is 0 Å². The first-order valence-corrected chi connectivity index (χ1v) is 9.33. The monoisotopic (exact) mass is 392 g/mol. The van der Waals surface area contributed by atoms with Crippen molar-refractivity contribution in [3.05, 3.63) is 95.6 Å². The first kappa shape index (κ1) is 20.4. The Morgan fingerprint density at radius 2 is 1.59 bits per heavy atom. The molecular formula is C24H24O5. The van der Waals surface area contributed by atoms with Crippen LogP contribution in [0, 0.1) is 6.92 Å². The fourth-order valence-corrected chi connectivity index (χ4v) is 2.92. The van der Waals surface area contributed by atoms with Gasteiger partial charge >= 0.3 is 5.97 Å². The number of carboxylic acid groups (broad SMARTS) is 1. The van der Waals surface area contributed by atoms with Crippen molar-refractivity contribution in [2.75, 3.05) is 0 Å². The van der Waals surface area contributed by atoms with Gasteiger partial charge in [0.2, 0.25) is 5.60 Å². The van der Waals surface area contributed by atoms with E-state index >= 15 is 0 Å². The third-order valence-electron chi connectivity index (χ3n) is 4.81. The topological polar surface area (TPSA) is 76.0 Å². The lowest BCUT2D eigenvalue weighted by molar-refractivity contribution is -0.164. The van der Waals surface area contributed by atoms with Crippen LogP contribution in [0.2, 0.25) is 0 Å². The van der Waals surface area contributed by atoms with Crippen LogP contribution in [0.5, 0.6) is 11.5 Å². The number of aliphatic carboxylic acids is 1. The highest BCUT2D eigenvalue weighted by Crippen LogP contribution is 2.33. The van der Waals surface area contributed by atoms with Gasteiger partial charge in [-0.15, -0.1) is 0 Å². The van der Waals surface area contributed by atoms with E-state index in [2.05, 4.69) is 0 Å². The van der Waals surface area contributed by atoms with Crippen LogP contribution in [0.4, 0.5) is 0 Å². The van der Waals surface area contributed by atoms with Gasteiger partial charge in [0.05, 0.1) is 0 Å². The van der Waals surface area contributed by atoms with Crippen molar-refractivity contribution in [2.24, 2.45) is 0 Å². The molecule has 0 amide bonds. The first-order valence-electron chi connectivity index (χ1n) is 9.33. The molecule has 0 aliphatic rings. The number of ether oxygens (including phenoxy) is 2. The Hall–Kier alpha value is -3.31. The lowest BCUT2D eigenvalue weighted by Gasteiger charge is -2.32. The Balaban J connectivity index is 1.75. The lowest BCUT2D eigenvalue weighted by Crippen LogP contribution is -2.47. The third-order valence-corrected chi connectivity index (χ3v) is 4.81. The molecule has 0 aliphatic heterocycles. The third kappa shape index (κ3) is 4.76. The molecule has 3 aromatic carbocycles. The summed E-state index contributed by atoms with van der Waals surface area (Å²) in [5.74, 6) is -0.210. The molecule has 0 spiro atoms. The molecule has 5 nitrogen and oxygen atoms in total. The molecule has 29 heavy (non-hydrogen) atoms. The predicted octanol–water partition coefficient (Wildman–Crippen LogP) is 4.53. The SMILES string of the molecule is Cc1ccccc1OC(C)(C(=O)O)C(O)c1ccc(OCc2ccccc2)cc1. The minimum absolute atomic E-state index is 0.416. The first-order chi connectivity index (χ1) is 13.9. The average molecular weight is 392 g/mol. The second-order valence-electron chi connectivity index (χ2n) is 7.03. The van der Waals surface area contributed by atoms with Crippen molar-refractivity contribution in [1.82, 2.24) is 0 Å². The van der Waals surface area contributed by atoms with E-state index in [0.717, 1.165) is 11.1 Å². The molecular weight excluding hydrogens is 368 g/mol. The van der Waals surface area contributed by atoms with Crippen LogP contribution in [-0.2, 0) is 11.4 Å². The molecule has 0 heterocycles. The standard InChI is InChI=1S/C24H24O5/c1-17-8-6-7-11-21(17)29-24(2,23(26)27)22(25)19-12-14-20(15-13-19)28-16-18-9-4-3-5-10-18/h3-15,22,25H,16H2,1-2H3,(H,26,27). The number of para-hydroxylation sites is 1. The van der Waals surface area contributed by atoms with Crippen LogP contribution in [0.1, 0.15) is 29.7 Å². The van der Waals surface area contributed by atoms with Gasteiger partial charge in [0.1, 0.15) is 24.2 Å². The summed E-state index contributed by atoms with van der Waals surface area (Å²) < 4.78 is 11.5. The van der Waals surface area contributed by atoms with Crippen molar-refractivity contribution >= 4 is 5.97 Å². The van der Waals surface area contributed by atoms with Crippen LogP contribution < -0.4 is 9.47 Å². The number of rotatable bonds is 8. The Bertz CT molecular complexity index is 953. The molecule has 0 radical (unpaired) electrons. The van der Waals surface area contributed by atoms with Gasteiger partial charge in [0, 0.05) is 0 Å². The minimum atomic E-state index is -1.85. The molecule has 150 valence electrons. The van der Waals surface area contributed by atoms with Gasteiger partial charge in [-0.3, -0.25) is 0 Å². The van der Waals surface area contributed by atoms with Crippen LogP contribution in [-0.4, -0.2) is 21.8 Å². The van der Waals surface area contributed by atoms with E-state index in [1.165, 1.54) is 6.92 Å². The lowest BCUT2D eigenvalue weighted by atomic mass is 9.92. The number of carbonyl (C=O) groups is 1. The molecule has 2 N–H and O–H groups in total. The quantitative estimate of drug-likeness (QED) is 0.589. The highest BCUT2D eigenvalue weighted by atomic mass is 16.5. The van der Waals surface area contributed by atoms with E-state index in [0.29, 0.717) is 23.7 Å². The van der Waals surface area contributed by atoms with Crippen LogP contribution in [0.15, 0.2) is 78.9 Å². The van der Waals surface area contributed by atoms with E-state index < -0.39 is 17.7 Å². The van der Waals surface area contributed by atoms with Gasteiger partial charge < -0.3 is 19.7 Å². The molecule has 3 rings (SSSR count). The van der Waals surface area contributed by atoms with Gasteiger partial charge in [-0.1, -0.05) is 60.7 Å². The zero-order valence-corrected chi connectivity index (χ0v) is 16.4. The fraction of sp³-hybridized carbons (Fsp3) is 0.208. The molecule has 5 heteroatoms. The van der Waals surface area contributed by atoms with Crippen molar-refractivity contribution in [1.29, 1.82) is 0 Å². The normalized spacial score (nSPS) is 13.9. The minimum Gasteiger partial charge on any atom is -0.489 e. The molecule has 0 aromatic heterocycles. The average Bonchev–Trinajstić information content (AvgIpc) is 2.74. The maximum absolute atomic E-state index is 12.0. The number of benzene rings is 3. The second-order valence-corrected chi connectivity index (χ2v) is 7.03. The summed E-state index contributed by atoms with van der Waals surface area (Å²) in [6, 6.07) is 23.6. The Labute approximate surface area is 170 Å². The van der Waals surface area contributed by atoms with Crippen LogP contribution >= 0.6 is 0 Å². The van der Waals surface area contributed by atoms with E-state index in [1.54, 1.807) is 36.4 Å². The van der Waals surface area contributed by atoms with Crippen molar-refractivity contribution < 1.29 is 24.5 Å². The van der Waals surface area contributed by atoms with E-state index in [-0.39, 0.29) is 0 Å². The van der Waals surface area contributed by atoms with Gasteiger partial charge in [-0.2, -0.15) is 0 Å². The molecule has 0 saturated heterocycles. The number of hydrogen-bond acceptors (Lipinski definition) is 4. The maximum Gasteiger partial charge on any atom is 0.350 e. The summed E-state index contributed by atoms with van der Waals surface area (Å²) in [7, 11) is 0. The zero-order valence-electron chi connectivity index (χ0n) is 16.4. The number of aliphatic hydroxyl groups is 1. The Morgan fingerprint density at radius 3 is 2.21 bits per heavy atom. The predicted molar refractivity (Wildman–Crippen MR) is 110 cm³/mol. The molecule has 0 saturated carbocycles. The van der Waals surface area contributed by atoms with Gasteiger partial charge in [0.25, 0.3) is 0 Å². The van der Waals surface area contributed by atoms with E-state index in [1.807, 2.05) is 49.4 Å². The van der Waals surface area contributed by atoms with Gasteiger partial charge in [-0.25, -0.2) is 4.79 Å². The van der Waals surface area contributed by atoms with Crippen LogP contribution in [0.3, 0.4) is 0 Å². The molecule has 2 unspecified atom stereocenters. The molecule has 0 bridgehead atoms. The summed E-state index contributed by atoms with van der Waals surface area (Å²) in [4.78, 5) is 12.0. The summed E-state index contributed by atoms with van der Waals surface area (Å²) in [6.45, 7) is 3.61. The smallest absolute Gasteiger partial charge is 0.350 e. The van der Waals surface area contributed by atoms with Crippen molar-refractivity contribution in [3.8, 4) is 11.5 Å². The summed E-state index contributed by atoms with van der Waals surface area (Å²) in [5, 5.41) is 20.6. The van der Waals surface area contributed by atoms with Crippen molar-refractivity contribution in [2.45, 2.75) is 32.2 Å². The van der Waals surface area contributed by atoms with Gasteiger partial charge in [-0.05, 0) is 48.7 Å². The zero-order chi connectivity index (χ0) is 20.9. The number of hydrogen-bond donors (Lipinski definition) is 2. The highest BCUT2D eigenvalue weighted by molar-refractivity contribution is 5.78. The van der Waals surface area contributed by atoms with Gasteiger partial charge in [0.15, 0.2) is 0 Å². The molecule has 0 fully saturated rings. The highest BCUT2D eigenvalue weighted by Gasteiger charge is 2.44. The van der Waals surface area contributed by atoms with Crippen molar-refractivity contribution in [3.63, 3.8) is 0 Å². The maximum atomic E-state index is 12.0. The molecule has 3 aromatic rings. The second kappa shape index (κ2) is 8.80. The molecule has 2 atom stereocenters. The van der Waals surface area contributed by atoms with E-state index in [4.69, 9.17) is 9.47 Å². The summed E-state index contributed by atoms with van der Waals surface area (Å²) >= 11 is 0. The summed E-state index contributed by atoms with van der Waals surface area (Å²) in [6.07, 6.45) is -1.37. The Morgan fingerprint density at radius 1 is 0.966 bits per heavy atom. The fourth-order valence-electron chi connectivity index (χ4n) is 2.92. The largest absolute Gasteiger partial charge is 0.489 e. The number of aliphatic hydroxyl groups excluding tert-OH is 1. The number of carboxylic acids is 1. The molecule has 0 aliphatic carbocycles.